The van der Waals surface area contributed by atoms with Crippen LogP contribution in [0.15, 0.2) is 18.2 Å². The maximum Gasteiger partial charge on any atom is 0.208 e. The van der Waals surface area contributed by atoms with Crippen LogP contribution in [0.5, 0.6) is 11.5 Å². The SMILES string of the molecule is COc1ccc(CC(C)NCCNS(C)(=O)=O)cc1OC. The van der Waals surface area contributed by atoms with Gasteiger partial charge in [-0.15, -0.1) is 0 Å². The lowest BCUT2D eigenvalue weighted by Gasteiger charge is -2.15. The summed E-state index contributed by atoms with van der Waals surface area (Å²) in [4.78, 5) is 0. The van der Waals surface area contributed by atoms with Crippen molar-refractivity contribution in [3.63, 3.8) is 0 Å². The average molecular weight is 316 g/mol. The number of nitrogens with one attached hydrogen (secondary N) is 2. The summed E-state index contributed by atoms with van der Waals surface area (Å²) in [6.07, 6.45) is 1.97. The van der Waals surface area contributed by atoms with Gasteiger partial charge in [-0.3, -0.25) is 0 Å². The van der Waals surface area contributed by atoms with Crippen molar-refractivity contribution in [1.29, 1.82) is 0 Å². The number of hydrogen-bond acceptors (Lipinski definition) is 5. The van der Waals surface area contributed by atoms with Gasteiger partial charge < -0.3 is 14.8 Å². The van der Waals surface area contributed by atoms with Gasteiger partial charge in [0.1, 0.15) is 0 Å². The number of methoxy groups -OCH3 is 2. The molecular formula is C14H24N2O4S. The first kappa shape index (κ1) is 17.7. The van der Waals surface area contributed by atoms with E-state index in [0.29, 0.717) is 24.6 Å². The van der Waals surface area contributed by atoms with Crippen molar-refractivity contribution >= 4 is 10.0 Å². The molecule has 0 saturated carbocycles. The highest BCUT2D eigenvalue weighted by molar-refractivity contribution is 7.88. The molecule has 1 unspecified atom stereocenters. The summed E-state index contributed by atoms with van der Waals surface area (Å²) in [7, 11) is 0.101. The fraction of sp³-hybridized carbons (Fsp3) is 0.571. The minimum absolute atomic E-state index is 0.226. The predicted molar refractivity (Wildman–Crippen MR) is 83.6 cm³/mol. The van der Waals surface area contributed by atoms with Gasteiger partial charge in [-0.2, -0.15) is 0 Å². The minimum Gasteiger partial charge on any atom is -0.493 e. The van der Waals surface area contributed by atoms with Crippen molar-refractivity contribution < 1.29 is 17.9 Å². The zero-order chi connectivity index (χ0) is 15.9. The van der Waals surface area contributed by atoms with Crippen molar-refractivity contribution in [3.8, 4) is 11.5 Å². The molecule has 0 saturated heterocycles. The van der Waals surface area contributed by atoms with Gasteiger partial charge in [-0.25, -0.2) is 13.1 Å². The molecule has 0 aliphatic heterocycles. The third-order valence-corrected chi connectivity index (χ3v) is 3.70. The molecule has 7 heteroatoms. The third-order valence-electron chi connectivity index (χ3n) is 2.97. The van der Waals surface area contributed by atoms with Crippen LogP contribution in [-0.4, -0.2) is 48.0 Å². The third kappa shape index (κ3) is 6.79. The Kier molecular flexibility index (Phi) is 6.94. The van der Waals surface area contributed by atoms with Crippen molar-refractivity contribution in [2.45, 2.75) is 19.4 Å². The highest BCUT2D eigenvalue weighted by Crippen LogP contribution is 2.27. The molecule has 21 heavy (non-hydrogen) atoms. The molecule has 0 heterocycles. The summed E-state index contributed by atoms with van der Waals surface area (Å²) in [5.74, 6) is 1.42. The first-order valence-electron chi connectivity index (χ1n) is 6.74. The second-order valence-electron chi connectivity index (χ2n) is 4.92. The van der Waals surface area contributed by atoms with E-state index in [0.717, 1.165) is 18.2 Å². The maximum atomic E-state index is 10.9. The quantitative estimate of drug-likeness (QED) is 0.658. The van der Waals surface area contributed by atoms with Crippen LogP contribution in [-0.2, 0) is 16.4 Å². The Morgan fingerprint density at radius 3 is 2.38 bits per heavy atom. The van der Waals surface area contributed by atoms with Crippen LogP contribution in [0.2, 0.25) is 0 Å². The van der Waals surface area contributed by atoms with Crippen molar-refractivity contribution in [2.75, 3.05) is 33.6 Å². The van der Waals surface area contributed by atoms with E-state index in [2.05, 4.69) is 17.0 Å². The summed E-state index contributed by atoms with van der Waals surface area (Å²) in [6, 6.07) is 6.05. The van der Waals surface area contributed by atoms with E-state index in [1.54, 1.807) is 14.2 Å². The fourth-order valence-electron chi connectivity index (χ4n) is 1.99. The molecule has 0 bridgehead atoms. The highest BCUT2D eigenvalue weighted by atomic mass is 32.2. The zero-order valence-corrected chi connectivity index (χ0v) is 13.8. The van der Waals surface area contributed by atoms with Crippen LogP contribution in [0.3, 0.4) is 0 Å². The predicted octanol–water partition coefficient (Wildman–Crippen LogP) is 0.774. The number of rotatable bonds is 9. The summed E-state index contributed by atoms with van der Waals surface area (Å²) in [5.41, 5.74) is 1.13. The van der Waals surface area contributed by atoms with E-state index in [1.165, 1.54) is 0 Å². The number of benzene rings is 1. The topological polar surface area (TPSA) is 76.7 Å². The van der Waals surface area contributed by atoms with Crippen LogP contribution in [0.1, 0.15) is 12.5 Å². The molecule has 0 spiro atoms. The van der Waals surface area contributed by atoms with Gasteiger partial charge in [-0.05, 0) is 31.0 Å². The van der Waals surface area contributed by atoms with Crippen LogP contribution in [0.4, 0.5) is 0 Å². The Balaban J connectivity index is 2.45. The monoisotopic (exact) mass is 316 g/mol. The highest BCUT2D eigenvalue weighted by Gasteiger charge is 2.08. The molecule has 0 radical (unpaired) electrons. The van der Waals surface area contributed by atoms with E-state index in [-0.39, 0.29) is 6.04 Å². The zero-order valence-electron chi connectivity index (χ0n) is 13.0. The molecular weight excluding hydrogens is 292 g/mol. The van der Waals surface area contributed by atoms with E-state index < -0.39 is 10.0 Å². The van der Waals surface area contributed by atoms with Crippen molar-refractivity contribution in [1.82, 2.24) is 10.0 Å². The molecule has 0 aromatic heterocycles. The molecule has 1 atom stereocenters. The molecule has 0 amide bonds. The second-order valence-corrected chi connectivity index (χ2v) is 6.75. The Morgan fingerprint density at radius 1 is 1.14 bits per heavy atom. The van der Waals surface area contributed by atoms with Gasteiger partial charge in [0.05, 0.1) is 20.5 Å². The molecule has 0 aliphatic carbocycles. The molecule has 0 aliphatic rings. The summed E-state index contributed by atoms with van der Waals surface area (Å²) in [6.45, 7) is 3.02. The average Bonchev–Trinajstić information content (AvgIpc) is 2.42. The first-order chi connectivity index (χ1) is 9.85. The maximum absolute atomic E-state index is 10.9. The van der Waals surface area contributed by atoms with Gasteiger partial charge in [-0.1, -0.05) is 6.07 Å². The normalized spacial score (nSPS) is 13.0. The van der Waals surface area contributed by atoms with Crippen LogP contribution >= 0.6 is 0 Å². The van der Waals surface area contributed by atoms with Crippen LogP contribution < -0.4 is 19.5 Å². The molecule has 1 rings (SSSR count). The largest absolute Gasteiger partial charge is 0.493 e. The lowest BCUT2D eigenvalue weighted by Crippen LogP contribution is -2.36. The minimum atomic E-state index is -3.12. The Labute approximate surface area is 126 Å². The Hall–Kier alpha value is -1.31. The smallest absolute Gasteiger partial charge is 0.208 e. The van der Waals surface area contributed by atoms with E-state index in [4.69, 9.17) is 9.47 Å². The second kappa shape index (κ2) is 8.21. The lowest BCUT2D eigenvalue weighted by molar-refractivity contribution is 0.354. The first-order valence-corrected chi connectivity index (χ1v) is 8.63. The lowest BCUT2D eigenvalue weighted by atomic mass is 10.1. The molecule has 1 aromatic rings. The number of sulfonamides is 1. The van der Waals surface area contributed by atoms with Gasteiger partial charge in [0.25, 0.3) is 0 Å². The summed E-state index contributed by atoms with van der Waals surface area (Å²) >= 11 is 0. The van der Waals surface area contributed by atoms with Crippen LogP contribution in [0.25, 0.3) is 0 Å². The standard InChI is InChI=1S/C14H24N2O4S/c1-11(15-7-8-16-21(4,17)18)9-12-5-6-13(19-2)14(10-12)20-3/h5-6,10-11,15-16H,7-9H2,1-4H3. The van der Waals surface area contributed by atoms with Crippen LogP contribution in [0, 0.1) is 0 Å². The van der Waals surface area contributed by atoms with E-state index in [1.807, 2.05) is 18.2 Å². The van der Waals surface area contributed by atoms with Gasteiger partial charge in [0, 0.05) is 19.1 Å². The fourth-order valence-corrected chi connectivity index (χ4v) is 2.46. The van der Waals surface area contributed by atoms with Gasteiger partial charge >= 0.3 is 0 Å². The molecule has 0 fully saturated rings. The Morgan fingerprint density at radius 2 is 1.81 bits per heavy atom. The molecule has 120 valence electrons. The van der Waals surface area contributed by atoms with Crippen molar-refractivity contribution in [3.05, 3.63) is 23.8 Å². The number of ether oxygens (including phenoxy) is 2. The van der Waals surface area contributed by atoms with Gasteiger partial charge in [0.2, 0.25) is 10.0 Å². The molecule has 2 N–H and O–H groups in total. The number of hydrogen-bond donors (Lipinski definition) is 2. The molecule has 1 aromatic carbocycles. The van der Waals surface area contributed by atoms with E-state index in [9.17, 15) is 8.42 Å². The summed E-state index contributed by atoms with van der Waals surface area (Å²) in [5, 5.41) is 3.27. The van der Waals surface area contributed by atoms with Gasteiger partial charge in [0.15, 0.2) is 11.5 Å². The Bertz CT molecular complexity index is 546. The molecule has 6 nitrogen and oxygen atoms in total. The van der Waals surface area contributed by atoms with Crippen molar-refractivity contribution in [2.24, 2.45) is 0 Å². The van der Waals surface area contributed by atoms with E-state index >= 15 is 0 Å². The summed E-state index contributed by atoms with van der Waals surface area (Å²) < 4.78 is 34.8.